The first kappa shape index (κ1) is 15.2. The Bertz CT molecular complexity index is 1400. The molecule has 0 spiro atoms. The van der Waals surface area contributed by atoms with Crippen molar-refractivity contribution in [3.8, 4) is 21.6 Å². The maximum atomic E-state index is 6.22. The number of furan rings is 1. The van der Waals surface area contributed by atoms with Crippen molar-refractivity contribution < 1.29 is 4.42 Å². The van der Waals surface area contributed by atoms with Gasteiger partial charge in [-0.15, -0.1) is 22.7 Å². The summed E-state index contributed by atoms with van der Waals surface area (Å²) < 4.78 is 10.0. The third-order valence-electron chi connectivity index (χ3n) is 4.94. The Morgan fingerprint density at radius 2 is 1.30 bits per heavy atom. The Morgan fingerprint density at radius 3 is 2.15 bits per heavy atom. The molecule has 0 aliphatic rings. The number of hydrogen-bond acceptors (Lipinski definition) is 3. The summed E-state index contributed by atoms with van der Waals surface area (Å²) in [5.74, 6) is 0. The van der Waals surface area contributed by atoms with Gasteiger partial charge in [-0.25, -0.2) is 0 Å². The molecule has 128 valence electrons. The third kappa shape index (κ3) is 2.36. The smallest absolute Gasteiger partial charge is 0.154 e. The normalized spacial score (nSPS) is 11.7. The molecular formula is C24H14OS2. The Balaban J connectivity index is 1.45. The molecule has 0 aliphatic carbocycles. The van der Waals surface area contributed by atoms with Crippen LogP contribution in [0.4, 0.5) is 0 Å². The van der Waals surface area contributed by atoms with Crippen LogP contribution in [0.5, 0.6) is 0 Å². The number of hydrogen-bond donors (Lipinski definition) is 0. The molecule has 3 heteroatoms. The van der Waals surface area contributed by atoms with Crippen LogP contribution in [0.3, 0.4) is 0 Å². The predicted octanol–water partition coefficient (Wildman–Crippen LogP) is 8.20. The van der Waals surface area contributed by atoms with Crippen molar-refractivity contribution >= 4 is 53.3 Å². The van der Waals surface area contributed by atoms with Crippen LogP contribution in [0.1, 0.15) is 0 Å². The molecule has 0 aliphatic heterocycles. The average Bonchev–Trinajstić information content (AvgIpc) is 3.38. The van der Waals surface area contributed by atoms with Gasteiger partial charge < -0.3 is 4.42 Å². The summed E-state index contributed by atoms with van der Waals surface area (Å²) in [7, 11) is 0. The molecule has 6 aromatic rings. The van der Waals surface area contributed by atoms with Crippen molar-refractivity contribution in [1.82, 2.24) is 0 Å². The maximum Gasteiger partial charge on any atom is 0.154 e. The lowest BCUT2D eigenvalue weighted by Gasteiger charge is -2.03. The van der Waals surface area contributed by atoms with E-state index in [4.69, 9.17) is 4.42 Å². The second-order valence-electron chi connectivity index (χ2n) is 6.61. The van der Waals surface area contributed by atoms with E-state index in [1.165, 1.54) is 41.1 Å². The van der Waals surface area contributed by atoms with Gasteiger partial charge in [0.25, 0.3) is 0 Å². The summed E-state index contributed by atoms with van der Waals surface area (Å²) in [6, 6.07) is 29.9. The van der Waals surface area contributed by atoms with Crippen molar-refractivity contribution in [2.45, 2.75) is 0 Å². The van der Waals surface area contributed by atoms with Gasteiger partial charge in [0.05, 0.1) is 9.40 Å². The molecule has 3 aromatic heterocycles. The van der Waals surface area contributed by atoms with Gasteiger partial charge >= 0.3 is 0 Å². The second-order valence-corrected chi connectivity index (χ2v) is 8.71. The summed E-state index contributed by atoms with van der Waals surface area (Å²) >= 11 is 3.64. The van der Waals surface area contributed by atoms with E-state index in [1.54, 1.807) is 0 Å². The Hall–Kier alpha value is -2.88. The summed E-state index contributed by atoms with van der Waals surface area (Å²) in [6.45, 7) is 0. The average molecular weight is 383 g/mol. The van der Waals surface area contributed by atoms with Gasteiger partial charge in [0.15, 0.2) is 5.58 Å². The van der Waals surface area contributed by atoms with Gasteiger partial charge in [0.2, 0.25) is 0 Å². The monoisotopic (exact) mass is 382 g/mol. The van der Waals surface area contributed by atoms with Crippen LogP contribution >= 0.6 is 22.7 Å². The largest absolute Gasteiger partial charge is 0.454 e. The minimum absolute atomic E-state index is 0.995. The highest BCUT2D eigenvalue weighted by molar-refractivity contribution is 7.32. The quantitative estimate of drug-likeness (QED) is 0.294. The topological polar surface area (TPSA) is 13.1 Å². The fourth-order valence-corrected chi connectivity index (χ4v) is 5.94. The lowest BCUT2D eigenvalue weighted by molar-refractivity contribution is 0.674. The molecule has 3 heterocycles. The van der Waals surface area contributed by atoms with Gasteiger partial charge in [-0.2, -0.15) is 0 Å². The zero-order chi connectivity index (χ0) is 17.8. The van der Waals surface area contributed by atoms with E-state index in [0.717, 1.165) is 11.2 Å². The van der Waals surface area contributed by atoms with Gasteiger partial charge in [-0.3, -0.25) is 0 Å². The Labute approximate surface area is 164 Å². The molecule has 27 heavy (non-hydrogen) atoms. The molecule has 0 saturated heterocycles. The first-order valence-electron chi connectivity index (χ1n) is 8.86. The lowest BCUT2D eigenvalue weighted by atomic mass is 10.0. The highest BCUT2D eigenvalue weighted by Crippen LogP contribution is 2.45. The van der Waals surface area contributed by atoms with Crippen LogP contribution in [0.25, 0.3) is 52.2 Å². The highest BCUT2D eigenvalue weighted by atomic mass is 32.1. The van der Waals surface area contributed by atoms with Crippen molar-refractivity contribution in [1.29, 1.82) is 0 Å². The second kappa shape index (κ2) is 5.81. The van der Waals surface area contributed by atoms with E-state index in [9.17, 15) is 0 Å². The minimum Gasteiger partial charge on any atom is -0.454 e. The molecule has 3 aromatic carbocycles. The Morgan fingerprint density at radius 1 is 0.593 bits per heavy atom. The Kier molecular flexibility index (Phi) is 3.27. The molecule has 0 bridgehead atoms. The molecule has 1 nitrogen and oxygen atoms in total. The summed E-state index contributed by atoms with van der Waals surface area (Å²) in [5, 5.41) is 1.22. The van der Waals surface area contributed by atoms with Crippen LogP contribution in [-0.2, 0) is 0 Å². The fourth-order valence-electron chi connectivity index (χ4n) is 3.59. The first-order chi connectivity index (χ1) is 13.4. The van der Waals surface area contributed by atoms with Crippen LogP contribution in [0.2, 0.25) is 0 Å². The number of benzene rings is 3. The van der Waals surface area contributed by atoms with E-state index in [0.29, 0.717) is 0 Å². The number of rotatable bonds is 2. The van der Waals surface area contributed by atoms with Crippen LogP contribution in [-0.4, -0.2) is 0 Å². The van der Waals surface area contributed by atoms with E-state index < -0.39 is 0 Å². The highest BCUT2D eigenvalue weighted by Gasteiger charge is 2.17. The van der Waals surface area contributed by atoms with E-state index in [2.05, 4.69) is 78.9 Å². The first-order valence-corrected chi connectivity index (χ1v) is 10.5. The predicted molar refractivity (Wildman–Crippen MR) is 118 cm³/mol. The van der Waals surface area contributed by atoms with E-state index in [-0.39, 0.29) is 0 Å². The van der Waals surface area contributed by atoms with Gasteiger partial charge in [-0.05, 0) is 28.8 Å². The zero-order valence-corrected chi connectivity index (χ0v) is 15.9. The number of fused-ring (bicyclic) bond motifs is 5. The van der Waals surface area contributed by atoms with Crippen LogP contribution in [0, 0.1) is 0 Å². The van der Waals surface area contributed by atoms with Crippen LogP contribution in [0.15, 0.2) is 89.3 Å². The molecule has 0 radical (unpaired) electrons. The molecule has 0 unspecified atom stereocenters. The van der Waals surface area contributed by atoms with Crippen LogP contribution < -0.4 is 0 Å². The maximum absolute atomic E-state index is 6.22. The molecule has 0 N–H and O–H groups in total. The number of thiophene rings is 2. The van der Waals surface area contributed by atoms with Gasteiger partial charge in [0, 0.05) is 21.0 Å². The van der Waals surface area contributed by atoms with Crippen molar-refractivity contribution in [3.63, 3.8) is 0 Å². The summed E-state index contributed by atoms with van der Waals surface area (Å²) in [6.07, 6.45) is 0. The molecule has 6 rings (SSSR count). The molecular weight excluding hydrogens is 368 g/mol. The summed E-state index contributed by atoms with van der Waals surface area (Å²) in [4.78, 5) is 1.25. The minimum atomic E-state index is 0.995. The van der Waals surface area contributed by atoms with Crippen molar-refractivity contribution in [2.75, 3.05) is 0 Å². The van der Waals surface area contributed by atoms with Gasteiger partial charge in [-0.1, -0.05) is 66.7 Å². The fraction of sp³-hybridized carbons (Fsp3) is 0. The summed E-state index contributed by atoms with van der Waals surface area (Å²) in [5.41, 5.74) is 5.75. The van der Waals surface area contributed by atoms with Crippen molar-refractivity contribution in [3.05, 3.63) is 84.9 Å². The molecule has 0 atom stereocenters. The molecule has 0 fully saturated rings. The third-order valence-corrected chi connectivity index (χ3v) is 7.42. The van der Waals surface area contributed by atoms with Gasteiger partial charge in [0.1, 0.15) is 5.58 Å². The van der Waals surface area contributed by atoms with E-state index in [1.807, 2.05) is 28.7 Å². The molecule has 0 saturated carbocycles. The zero-order valence-electron chi connectivity index (χ0n) is 14.3. The SMILES string of the molecule is c1ccc(-c2ccc(-c3cc4oc5c6ccccc6sc5c4s3)cc2)cc1. The van der Waals surface area contributed by atoms with Crippen molar-refractivity contribution in [2.24, 2.45) is 0 Å². The standard InChI is InChI=1S/C24H14OS2/c1-2-6-15(7-3-1)16-10-12-17(13-11-16)21-14-19-23(27-21)24-22(25-19)18-8-4-5-9-20(18)26-24/h1-14H. The lowest BCUT2D eigenvalue weighted by Crippen LogP contribution is -1.77. The van der Waals surface area contributed by atoms with E-state index >= 15 is 0 Å². The molecule has 0 amide bonds.